The number of alkyl halides is 2. The fourth-order valence-electron chi connectivity index (χ4n) is 5.56. The van der Waals surface area contributed by atoms with Crippen molar-refractivity contribution in [2.45, 2.75) is 83.8 Å². The number of nitrogens with zero attached hydrogens (tertiary/aromatic N) is 4. The van der Waals surface area contributed by atoms with Crippen LogP contribution in [0.4, 0.5) is 20.5 Å². The van der Waals surface area contributed by atoms with E-state index < -0.39 is 11.5 Å². The van der Waals surface area contributed by atoms with Crippen molar-refractivity contribution >= 4 is 33.3 Å². The van der Waals surface area contributed by atoms with Gasteiger partial charge in [-0.25, -0.2) is 18.7 Å². The maximum Gasteiger partial charge on any atom is 0.248 e. The molecule has 10 heteroatoms. The largest absolute Gasteiger partial charge is 0.390 e. The Hall–Kier alpha value is -2.46. The molecule has 3 N–H and O–H groups in total. The number of halogens is 2. The number of rotatable bonds is 8. The highest BCUT2D eigenvalue weighted by atomic mass is 32.1. The predicted molar refractivity (Wildman–Crippen MR) is 140 cm³/mol. The van der Waals surface area contributed by atoms with E-state index in [-0.39, 0.29) is 24.8 Å². The van der Waals surface area contributed by atoms with Crippen LogP contribution in [0.5, 0.6) is 0 Å². The molecule has 3 aromatic heterocycles. The Balaban J connectivity index is 1.42. The van der Waals surface area contributed by atoms with Gasteiger partial charge in [-0.05, 0) is 71.3 Å². The molecule has 2 aliphatic rings. The molecule has 36 heavy (non-hydrogen) atoms. The first kappa shape index (κ1) is 25.2. The van der Waals surface area contributed by atoms with Gasteiger partial charge in [-0.2, -0.15) is 4.98 Å². The van der Waals surface area contributed by atoms with Crippen molar-refractivity contribution in [1.29, 1.82) is 0 Å². The van der Waals surface area contributed by atoms with Crippen molar-refractivity contribution < 1.29 is 13.9 Å². The summed E-state index contributed by atoms with van der Waals surface area (Å²) in [5.74, 6) is -1.01. The number of aromatic nitrogens is 4. The molecule has 2 saturated carbocycles. The van der Waals surface area contributed by atoms with Crippen molar-refractivity contribution in [2.75, 3.05) is 17.2 Å². The minimum atomic E-state index is -2.54. The fraction of sp³-hybridized carbons (Fsp3) is 0.615. The highest BCUT2D eigenvalue weighted by Crippen LogP contribution is 2.43. The predicted octanol–water partition coefficient (Wildman–Crippen LogP) is 5.96. The summed E-state index contributed by atoms with van der Waals surface area (Å²) in [7, 11) is 0. The van der Waals surface area contributed by atoms with Crippen molar-refractivity contribution in [2.24, 2.45) is 11.8 Å². The normalized spacial score (nSPS) is 22.1. The molecular weight excluding hydrogens is 482 g/mol. The van der Waals surface area contributed by atoms with Gasteiger partial charge in [-0.3, -0.25) is 4.98 Å². The van der Waals surface area contributed by atoms with Crippen LogP contribution < -0.4 is 10.6 Å². The molecule has 2 atom stereocenters. The van der Waals surface area contributed by atoms with Crippen molar-refractivity contribution in [3.05, 3.63) is 23.7 Å². The average molecular weight is 517 g/mol. The molecule has 7 nitrogen and oxygen atoms in total. The van der Waals surface area contributed by atoms with E-state index in [4.69, 9.17) is 9.97 Å². The second-order valence-corrected chi connectivity index (χ2v) is 12.2. The van der Waals surface area contributed by atoms with E-state index in [1.165, 1.54) is 0 Å². The van der Waals surface area contributed by atoms with Crippen LogP contribution in [0.2, 0.25) is 0 Å². The Morgan fingerprint density at radius 3 is 2.58 bits per heavy atom. The Morgan fingerprint density at radius 2 is 1.89 bits per heavy atom. The molecule has 2 aliphatic carbocycles. The molecule has 0 aromatic carbocycles. The van der Waals surface area contributed by atoms with E-state index in [0.29, 0.717) is 24.2 Å². The molecular formula is C26H34F2N6OS. The van der Waals surface area contributed by atoms with E-state index in [0.717, 1.165) is 57.9 Å². The summed E-state index contributed by atoms with van der Waals surface area (Å²) in [6.07, 6.45) is 5.37. The quantitative estimate of drug-likeness (QED) is 0.340. The fourth-order valence-corrected chi connectivity index (χ4v) is 6.67. The third-order valence-electron chi connectivity index (χ3n) is 7.19. The molecule has 0 radical (unpaired) electrons. The average Bonchev–Trinajstić information content (AvgIpc) is 3.36. The van der Waals surface area contributed by atoms with Gasteiger partial charge in [0.2, 0.25) is 11.9 Å². The van der Waals surface area contributed by atoms with Crippen molar-refractivity contribution in [3.63, 3.8) is 0 Å². The maximum absolute atomic E-state index is 13.3. The zero-order chi connectivity index (χ0) is 25.7. The Bertz CT molecular complexity index is 1250. The summed E-state index contributed by atoms with van der Waals surface area (Å²) < 4.78 is 27.6. The number of thiazole rings is 1. The lowest BCUT2D eigenvalue weighted by molar-refractivity contribution is -0.106. The topological polar surface area (TPSA) is 95.9 Å². The molecule has 194 valence electrons. The number of aryl methyl sites for hydroxylation is 2. The summed E-state index contributed by atoms with van der Waals surface area (Å²) in [4.78, 5) is 18.7. The summed E-state index contributed by atoms with van der Waals surface area (Å²) in [5, 5.41) is 17.9. The van der Waals surface area contributed by atoms with E-state index in [2.05, 4.69) is 20.6 Å². The highest BCUT2D eigenvalue weighted by molar-refractivity contribution is 7.21. The molecule has 0 spiro atoms. The summed E-state index contributed by atoms with van der Waals surface area (Å²) >= 11 is 1.59. The first-order chi connectivity index (χ1) is 17.0. The van der Waals surface area contributed by atoms with Gasteiger partial charge in [0.25, 0.3) is 0 Å². The number of pyridine rings is 1. The van der Waals surface area contributed by atoms with Crippen LogP contribution in [-0.2, 0) is 0 Å². The number of anilines is 2. The molecule has 3 aromatic rings. The van der Waals surface area contributed by atoms with Crippen LogP contribution in [0, 0.1) is 25.7 Å². The maximum atomic E-state index is 13.3. The summed E-state index contributed by atoms with van der Waals surface area (Å²) in [5.41, 5.74) is 2.72. The zero-order valence-electron chi connectivity index (χ0n) is 21.2. The first-order valence-electron chi connectivity index (χ1n) is 12.7. The summed E-state index contributed by atoms with van der Waals surface area (Å²) in [6.45, 7) is 8.04. The van der Waals surface area contributed by atoms with Gasteiger partial charge < -0.3 is 15.7 Å². The number of aliphatic hydroxyl groups is 1. The second kappa shape index (κ2) is 9.45. The minimum Gasteiger partial charge on any atom is -0.390 e. The van der Waals surface area contributed by atoms with Crippen LogP contribution >= 0.6 is 11.3 Å². The van der Waals surface area contributed by atoms with Crippen molar-refractivity contribution in [3.8, 4) is 10.6 Å². The van der Waals surface area contributed by atoms with Crippen molar-refractivity contribution in [1.82, 2.24) is 19.9 Å². The number of nitrogens with one attached hydrogen (secondary N) is 2. The van der Waals surface area contributed by atoms with Crippen LogP contribution in [0.1, 0.15) is 63.8 Å². The van der Waals surface area contributed by atoms with Gasteiger partial charge in [-0.1, -0.05) is 0 Å². The lowest BCUT2D eigenvalue weighted by atomic mass is 9.81. The lowest BCUT2D eigenvalue weighted by Crippen LogP contribution is -2.39. The molecule has 0 amide bonds. The third-order valence-corrected chi connectivity index (χ3v) is 8.23. The number of fused-ring (bicyclic) bond motifs is 1. The molecule has 5 rings (SSSR count). The van der Waals surface area contributed by atoms with Gasteiger partial charge in [-0.15, -0.1) is 11.3 Å². The third kappa shape index (κ3) is 5.59. The smallest absolute Gasteiger partial charge is 0.248 e. The molecule has 3 heterocycles. The van der Waals surface area contributed by atoms with Crippen LogP contribution in [-0.4, -0.2) is 49.2 Å². The Labute approximate surface area is 214 Å². The Kier molecular flexibility index (Phi) is 6.61. The van der Waals surface area contributed by atoms with Gasteiger partial charge in [0, 0.05) is 31.6 Å². The van der Waals surface area contributed by atoms with Crippen LogP contribution in [0.3, 0.4) is 0 Å². The Morgan fingerprint density at radius 1 is 1.11 bits per heavy atom. The monoisotopic (exact) mass is 516 g/mol. The van der Waals surface area contributed by atoms with E-state index in [1.54, 1.807) is 17.5 Å². The van der Waals surface area contributed by atoms with Crippen LogP contribution in [0.15, 0.2) is 12.3 Å². The van der Waals surface area contributed by atoms with Gasteiger partial charge >= 0.3 is 0 Å². The molecule has 0 aliphatic heterocycles. The lowest BCUT2D eigenvalue weighted by Gasteiger charge is -2.34. The molecule has 0 bridgehead atoms. The van der Waals surface area contributed by atoms with Crippen LogP contribution in [0.25, 0.3) is 20.8 Å². The summed E-state index contributed by atoms with van der Waals surface area (Å²) in [6, 6.07) is 2.19. The van der Waals surface area contributed by atoms with E-state index in [1.807, 2.05) is 33.8 Å². The van der Waals surface area contributed by atoms with Gasteiger partial charge in [0.05, 0.1) is 27.3 Å². The minimum absolute atomic E-state index is 0.0721. The molecule has 0 saturated heterocycles. The first-order valence-corrected chi connectivity index (χ1v) is 13.5. The molecule has 0 unspecified atom stereocenters. The van der Waals surface area contributed by atoms with E-state index >= 15 is 0 Å². The number of hydrogen-bond donors (Lipinski definition) is 3. The zero-order valence-corrected chi connectivity index (χ0v) is 22.1. The number of hydrogen-bond acceptors (Lipinski definition) is 8. The standard InChI is InChI=1S/C26H34F2N6OS/c1-14-20(23-33-21-15(2)29-8-7-19(21)36-23)22(32-18-6-5-16(9-18)10-25(3,4)35)34-24(31-14)30-13-17-11-26(27,28)12-17/h7-8,16-18,35H,5-6,9-13H2,1-4H3,(H2,30,31,32,34)/t16-,18+/m1/s1. The second-order valence-electron chi connectivity index (χ2n) is 11.2. The molecule has 2 fully saturated rings. The van der Waals surface area contributed by atoms with Gasteiger partial charge in [0.1, 0.15) is 16.3 Å². The highest BCUT2D eigenvalue weighted by Gasteiger charge is 2.45. The van der Waals surface area contributed by atoms with Gasteiger partial charge in [0.15, 0.2) is 0 Å². The van der Waals surface area contributed by atoms with E-state index in [9.17, 15) is 13.9 Å². The SMILES string of the molecule is Cc1nc(NCC2CC(F)(F)C2)nc(N[C@H]2CC[C@@H](CC(C)(C)O)C2)c1-c1nc2c(C)nccc2s1.